The van der Waals surface area contributed by atoms with E-state index < -0.39 is 58.9 Å². The molecule has 210 valence electrons. The highest BCUT2D eigenvalue weighted by Gasteiger charge is 2.70. The molecule has 4 N–H and O–H groups in total. The maximum absolute atomic E-state index is 13.6. The summed E-state index contributed by atoms with van der Waals surface area (Å²) in [6.07, 6.45) is -5.21. The minimum Gasteiger partial charge on any atom is -0.368 e. The fourth-order valence-electron chi connectivity index (χ4n) is 5.18. The van der Waals surface area contributed by atoms with E-state index in [2.05, 4.69) is 10.3 Å². The van der Waals surface area contributed by atoms with Crippen molar-refractivity contribution in [2.45, 2.75) is 65.8 Å². The fraction of sp³-hybridized carbons (Fsp3) is 0.667. The number of fused-ring (bicyclic) bond motifs is 1. The van der Waals surface area contributed by atoms with Crippen molar-refractivity contribution in [2.24, 2.45) is 35.4 Å². The number of aromatic nitrogens is 2. The summed E-state index contributed by atoms with van der Waals surface area (Å²) in [5, 5.41) is 4.26. The van der Waals surface area contributed by atoms with Crippen molar-refractivity contribution in [3.8, 4) is 0 Å². The van der Waals surface area contributed by atoms with Crippen molar-refractivity contribution in [1.29, 1.82) is 0 Å². The number of rotatable bonds is 6. The second-order valence-electron chi connectivity index (χ2n) is 11.6. The SMILES string of the molecule is Cc1nc(C(NC(=O)[C@@H]2[C@@H]3[C@H](CN2C(=O)[C@@H](NC(=O)C(F)(F)F)C(C)(C)C)C3(C)C)C(N)=O)cc(=O)n1C. The van der Waals surface area contributed by atoms with E-state index in [1.807, 2.05) is 13.8 Å². The molecular weight excluding hydrogens is 509 g/mol. The Labute approximate surface area is 217 Å². The molecule has 11 nitrogen and oxygen atoms in total. The Morgan fingerprint density at radius 3 is 2.21 bits per heavy atom. The topological polar surface area (TPSA) is 156 Å². The molecule has 1 aliphatic carbocycles. The lowest BCUT2D eigenvalue weighted by molar-refractivity contribution is -0.176. The second kappa shape index (κ2) is 9.38. The highest BCUT2D eigenvalue weighted by atomic mass is 19.4. The van der Waals surface area contributed by atoms with Crippen molar-refractivity contribution in [1.82, 2.24) is 25.1 Å². The van der Waals surface area contributed by atoms with E-state index in [0.717, 1.165) is 11.0 Å². The molecule has 0 spiro atoms. The van der Waals surface area contributed by atoms with Crippen LogP contribution in [0.3, 0.4) is 0 Å². The molecule has 1 aliphatic heterocycles. The van der Waals surface area contributed by atoms with Gasteiger partial charge >= 0.3 is 12.1 Å². The van der Waals surface area contributed by atoms with Crippen LogP contribution in [0.4, 0.5) is 13.2 Å². The Kier molecular flexibility index (Phi) is 7.19. The van der Waals surface area contributed by atoms with E-state index in [-0.39, 0.29) is 35.3 Å². The van der Waals surface area contributed by atoms with E-state index in [0.29, 0.717) is 0 Å². The molecule has 3 rings (SSSR count). The van der Waals surface area contributed by atoms with Gasteiger partial charge in [0.15, 0.2) is 6.04 Å². The van der Waals surface area contributed by atoms with Gasteiger partial charge in [-0.25, -0.2) is 4.98 Å². The molecule has 1 saturated heterocycles. The van der Waals surface area contributed by atoms with Gasteiger partial charge in [-0.2, -0.15) is 13.2 Å². The molecule has 2 fully saturated rings. The Morgan fingerprint density at radius 1 is 1.16 bits per heavy atom. The lowest BCUT2D eigenvalue weighted by Gasteiger charge is -2.38. The summed E-state index contributed by atoms with van der Waals surface area (Å²) in [4.78, 5) is 68.7. The zero-order valence-corrected chi connectivity index (χ0v) is 22.3. The number of hydrogen-bond donors (Lipinski definition) is 3. The molecule has 1 aromatic heterocycles. The van der Waals surface area contributed by atoms with Gasteiger partial charge < -0.3 is 25.8 Å². The maximum Gasteiger partial charge on any atom is 0.471 e. The zero-order valence-electron chi connectivity index (χ0n) is 22.3. The van der Waals surface area contributed by atoms with Crippen LogP contribution in [0.15, 0.2) is 10.9 Å². The number of primary amides is 1. The number of halogens is 3. The normalized spacial score (nSPS) is 23.7. The highest BCUT2D eigenvalue weighted by Crippen LogP contribution is 2.65. The molecule has 0 radical (unpaired) electrons. The van der Waals surface area contributed by atoms with Gasteiger partial charge in [0.05, 0.1) is 5.69 Å². The van der Waals surface area contributed by atoms with Crippen LogP contribution in [0.1, 0.15) is 52.2 Å². The van der Waals surface area contributed by atoms with E-state index in [9.17, 15) is 37.1 Å². The first-order chi connectivity index (χ1) is 17.2. The standard InChI is InChI=1S/C24H33F3N6O5/c1-10-29-12(8-13(34)32(10)7)15(18(28)35)30-19(36)16-14-11(23(14,5)6)9-33(16)20(37)17(22(2,3)4)31-21(38)24(25,26)27/h8,11,14-17H,9H2,1-7H3,(H2,28,35)(H,30,36)(H,31,38)/t11-,14-,15?,16-,17+/m0/s1. The first-order valence-corrected chi connectivity index (χ1v) is 12.0. The molecular formula is C24H33F3N6O5. The summed E-state index contributed by atoms with van der Waals surface area (Å²) in [7, 11) is 1.48. The molecule has 4 amide bonds. The molecule has 1 saturated carbocycles. The molecule has 2 aliphatic rings. The lowest BCUT2D eigenvalue weighted by atomic mass is 9.85. The third-order valence-corrected chi connectivity index (χ3v) is 7.65. The van der Waals surface area contributed by atoms with Gasteiger partial charge in [-0.3, -0.25) is 24.0 Å². The van der Waals surface area contributed by atoms with Crippen LogP contribution in [0, 0.1) is 29.6 Å². The molecule has 0 bridgehead atoms. The van der Waals surface area contributed by atoms with Crippen molar-refractivity contribution < 1.29 is 32.3 Å². The molecule has 38 heavy (non-hydrogen) atoms. The molecule has 0 aromatic carbocycles. The number of carbonyl (C=O) groups is 4. The highest BCUT2D eigenvalue weighted by molar-refractivity contribution is 5.96. The summed E-state index contributed by atoms with van der Waals surface area (Å²) in [6, 6.07) is -3.16. The van der Waals surface area contributed by atoms with Crippen molar-refractivity contribution in [3.63, 3.8) is 0 Å². The number of hydrogen-bond acceptors (Lipinski definition) is 6. The summed E-state index contributed by atoms with van der Waals surface area (Å²) >= 11 is 0. The minimum atomic E-state index is -5.21. The van der Waals surface area contributed by atoms with E-state index in [1.165, 1.54) is 39.3 Å². The van der Waals surface area contributed by atoms with Crippen molar-refractivity contribution in [2.75, 3.05) is 6.54 Å². The van der Waals surface area contributed by atoms with Crippen LogP contribution in [0.5, 0.6) is 0 Å². The van der Waals surface area contributed by atoms with Gasteiger partial charge in [-0.05, 0) is 29.6 Å². The number of alkyl halides is 3. The number of amides is 4. The number of carbonyl (C=O) groups excluding carboxylic acids is 4. The van der Waals surface area contributed by atoms with Crippen LogP contribution in [-0.4, -0.2) is 62.9 Å². The van der Waals surface area contributed by atoms with Crippen LogP contribution < -0.4 is 21.9 Å². The quantitative estimate of drug-likeness (QED) is 0.470. The van der Waals surface area contributed by atoms with Gasteiger partial charge in [0, 0.05) is 19.7 Å². The average molecular weight is 543 g/mol. The minimum absolute atomic E-state index is 0.0769. The van der Waals surface area contributed by atoms with Gasteiger partial charge in [-0.15, -0.1) is 0 Å². The monoisotopic (exact) mass is 542 g/mol. The van der Waals surface area contributed by atoms with E-state index in [4.69, 9.17) is 5.73 Å². The predicted octanol–water partition coefficient (Wildman–Crippen LogP) is 0.308. The Morgan fingerprint density at radius 2 is 1.74 bits per heavy atom. The molecule has 1 unspecified atom stereocenters. The molecule has 2 heterocycles. The van der Waals surface area contributed by atoms with Crippen LogP contribution in [0.2, 0.25) is 0 Å². The summed E-state index contributed by atoms with van der Waals surface area (Å²) < 4.78 is 40.2. The fourth-order valence-corrected chi connectivity index (χ4v) is 5.18. The molecule has 1 aromatic rings. The number of nitrogens with one attached hydrogen (secondary N) is 2. The van der Waals surface area contributed by atoms with Gasteiger partial charge in [0.25, 0.3) is 5.56 Å². The lowest BCUT2D eigenvalue weighted by Crippen LogP contribution is -2.61. The smallest absolute Gasteiger partial charge is 0.368 e. The third kappa shape index (κ3) is 5.25. The van der Waals surface area contributed by atoms with Gasteiger partial charge in [0.1, 0.15) is 17.9 Å². The largest absolute Gasteiger partial charge is 0.471 e. The number of nitrogens with two attached hydrogens (primary N) is 1. The third-order valence-electron chi connectivity index (χ3n) is 7.65. The molecule has 14 heteroatoms. The van der Waals surface area contributed by atoms with E-state index in [1.54, 1.807) is 5.32 Å². The Balaban J connectivity index is 1.94. The van der Waals surface area contributed by atoms with Crippen LogP contribution in [0.25, 0.3) is 0 Å². The number of piperidine rings is 1. The van der Waals surface area contributed by atoms with Gasteiger partial charge in [-0.1, -0.05) is 34.6 Å². The van der Waals surface area contributed by atoms with Gasteiger partial charge in [0.2, 0.25) is 17.7 Å². The summed E-state index contributed by atoms with van der Waals surface area (Å²) in [6.45, 7) is 9.89. The summed E-state index contributed by atoms with van der Waals surface area (Å²) in [5.74, 6) is -5.09. The Hall–Kier alpha value is -3.45. The zero-order chi connectivity index (χ0) is 29.1. The maximum atomic E-state index is 13.6. The second-order valence-corrected chi connectivity index (χ2v) is 11.6. The number of nitrogens with zero attached hydrogens (tertiary/aromatic N) is 3. The summed E-state index contributed by atoms with van der Waals surface area (Å²) in [5.41, 5.74) is 3.46. The van der Waals surface area contributed by atoms with Crippen LogP contribution >= 0.6 is 0 Å². The number of likely N-dealkylation sites (tertiary alicyclic amines) is 1. The van der Waals surface area contributed by atoms with Crippen LogP contribution in [-0.2, 0) is 26.2 Å². The average Bonchev–Trinajstić information content (AvgIpc) is 3.10. The van der Waals surface area contributed by atoms with Crippen molar-refractivity contribution in [3.05, 3.63) is 27.9 Å². The van der Waals surface area contributed by atoms with E-state index >= 15 is 0 Å². The number of aryl methyl sites for hydroxylation is 1. The van der Waals surface area contributed by atoms with Crippen molar-refractivity contribution >= 4 is 23.6 Å². The Bertz CT molecular complexity index is 1240. The molecule has 5 atom stereocenters. The first kappa shape index (κ1) is 29.1. The first-order valence-electron chi connectivity index (χ1n) is 12.0. The predicted molar refractivity (Wildman–Crippen MR) is 128 cm³/mol.